The van der Waals surface area contributed by atoms with Gasteiger partial charge in [0, 0.05) is 29.0 Å². The van der Waals surface area contributed by atoms with Crippen molar-refractivity contribution in [2.75, 3.05) is 29.2 Å². The normalized spacial score (nSPS) is 25.2. The second-order valence-electron chi connectivity index (χ2n) is 5.25. The zero-order chi connectivity index (χ0) is 14.1. The van der Waals surface area contributed by atoms with E-state index in [0.29, 0.717) is 24.5 Å². The monoisotopic (exact) mass is 284 g/mol. The van der Waals surface area contributed by atoms with Crippen molar-refractivity contribution in [1.29, 1.82) is 0 Å². The maximum Gasteiger partial charge on any atom is 0.152 e. The molecule has 0 aromatic heterocycles. The van der Waals surface area contributed by atoms with Crippen LogP contribution in [0.1, 0.15) is 20.3 Å². The molecule has 1 aliphatic rings. The molecule has 1 fully saturated rings. The van der Waals surface area contributed by atoms with E-state index < -0.39 is 15.4 Å². The first-order valence-corrected chi connectivity index (χ1v) is 8.16. The molecule has 19 heavy (non-hydrogen) atoms. The van der Waals surface area contributed by atoms with Crippen LogP contribution in [0.4, 0.5) is 11.4 Å². The first kappa shape index (κ1) is 14.0. The zero-order valence-corrected chi connectivity index (χ0v) is 12.1. The van der Waals surface area contributed by atoms with Gasteiger partial charge >= 0.3 is 0 Å². The summed E-state index contributed by atoms with van der Waals surface area (Å²) in [6, 6.07) is 5.39. The molecule has 1 saturated heterocycles. The highest BCUT2D eigenvalue weighted by molar-refractivity contribution is 7.91. The fourth-order valence-electron chi connectivity index (χ4n) is 2.40. The molecule has 3 N–H and O–H groups in total. The van der Waals surface area contributed by atoms with Gasteiger partial charge in [-0.1, -0.05) is 0 Å². The van der Waals surface area contributed by atoms with Crippen LogP contribution in [0.15, 0.2) is 18.2 Å². The van der Waals surface area contributed by atoms with Gasteiger partial charge < -0.3 is 15.8 Å². The lowest BCUT2D eigenvalue weighted by Gasteiger charge is -2.25. The lowest BCUT2D eigenvalue weighted by atomic mass is 10.0. The first-order valence-electron chi connectivity index (χ1n) is 6.34. The van der Waals surface area contributed by atoms with Crippen LogP contribution in [0.2, 0.25) is 0 Å². The van der Waals surface area contributed by atoms with Crippen LogP contribution in [-0.4, -0.2) is 32.1 Å². The maximum absolute atomic E-state index is 11.6. The average Bonchev–Trinajstić information content (AvgIpc) is 2.52. The van der Waals surface area contributed by atoms with E-state index in [1.807, 2.05) is 19.9 Å². The Balaban J connectivity index is 2.19. The van der Waals surface area contributed by atoms with E-state index in [4.69, 9.17) is 10.5 Å². The van der Waals surface area contributed by atoms with Gasteiger partial charge in [-0.2, -0.15) is 0 Å². The molecule has 2 rings (SSSR count). The maximum atomic E-state index is 11.6. The Kier molecular flexibility index (Phi) is 3.62. The van der Waals surface area contributed by atoms with E-state index in [0.717, 1.165) is 5.69 Å². The lowest BCUT2D eigenvalue weighted by Crippen LogP contribution is -2.35. The van der Waals surface area contributed by atoms with Gasteiger partial charge in [0.15, 0.2) is 9.84 Å². The molecule has 0 bridgehead atoms. The number of ether oxygens (including phenoxy) is 1. The Bertz CT molecular complexity index is 571. The van der Waals surface area contributed by atoms with E-state index in [9.17, 15) is 8.42 Å². The van der Waals surface area contributed by atoms with Crippen molar-refractivity contribution in [3.8, 4) is 5.75 Å². The second-order valence-corrected chi connectivity index (χ2v) is 7.44. The third-order valence-electron chi connectivity index (χ3n) is 3.19. The van der Waals surface area contributed by atoms with Crippen molar-refractivity contribution < 1.29 is 13.2 Å². The SMILES string of the molecule is CCOc1cc(N)cc(NC2(C)CCS(=O)(=O)C2)c1. The number of hydrogen-bond donors (Lipinski definition) is 2. The molecule has 6 heteroatoms. The van der Waals surface area contributed by atoms with Crippen LogP contribution in [-0.2, 0) is 9.84 Å². The molecule has 0 saturated carbocycles. The number of nitrogens with two attached hydrogens (primary N) is 1. The van der Waals surface area contributed by atoms with Gasteiger partial charge in [-0.25, -0.2) is 8.42 Å². The molecule has 0 spiro atoms. The molecule has 0 radical (unpaired) electrons. The van der Waals surface area contributed by atoms with Gasteiger partial charge in [-0.05, 0) is 26.3 Å². The van der Waals surface area contributed by atoms with Crippen molar-refractivity contribution in [2.45, 2.75) is 25.8 Å². The highest BCUT2D eigenvalue weighted by atomic mass is 32.2. The van der Waals surface area contributed by atoms with Gasteiger partial charge in [0.25, 0.3) is 0 Å². The zero-order valence-electron chi connectivity index (χ0n) is 11.3. The van der Waals surface area contributed by atoms with E-state index in [1.165, 1.54) is 0 Å². The summed E-state index contributed by atoms with van der Waals surface area (Å²) in [5.74, 6) is 1.07. The number of hydrogen-bond acceptors (Lipinski definition) is 5. The van der Waals surface area contributed by atoms with Crippen molar-refractivity contribution >= 4 is 21.2 Å². The van der Waals surface area contributed by atoms with Gasteiger partial charge in [-0.3, -0.25) is 0 Å². The fourth-order valence-corrected chi connectivity index (χ4v) is 4.49. The molecular formula is C13H20N2O3S. The first-order chi connectivity index (χ1) is 8.82. The quantitative estimate of drug-likeness (QED) is 0.822. The van der Waals surface area contributed by atoms with Gasteiger partial charge in [-0.15, -0.1) is 0 Å². The van der Waals surface area contributed by atoms with E-state index in [1.54, 1.807) is 12.1 Å². The molecule has 5 nitrogen and oxygen atoms in total. The van der Waals surface area contributed by atoms with E-state index in [2.05, 4.69) is 5.32 Å². The van der Waals surface area contributed by atoms with Crippen LogP contribution in [0, 0.1) is 0 Å². The molecule has 1 aliphatic heterocycles. The lowest BCUT2D eigenvalue weighted by molar-refractivity contribution is 0.340. The number of nitrogen functional groups attached to an aromatic ring is 1. The molecule has 0 aliphatic carbocycles. The fraction of sp³-hybridized carbons (Fsp3) is 0.538. The minimum absolute atomic E-state index is 0.152. The van der Waals surface area contributed by atoms with Crippen LogP contribution in [0.25, 0.3) is 0 Å². The Morgan fingerprint density at radius 1 is 1.42 bits per heavy atom. The van der Waals surface area contributed by atoms with E-state index in [-0.39, 0.29) is 11.5 Å². The Hall–Kier alpha value is -1.43. The van der Waals surface area contributed by atoms with Crippen LogP contribution in [0.5, 0.6) is 5.75 Å². The van der Waals surface area contributed by atoms with Crippen molar-refractivity contribution in [2.24, 2.45) is 0 Å². The number of benzene rings is 1. The van der Waals surface area contributed by atoms with Gasteiger partial charge in [0.2, 0.25) is 0 Å². The summed E-state index contributed by atoms with van der Waals surface area (Å²) >= 11 is 0. The third kappa shape index (κ3) is 3.53. The number of anilines is 2. The molecule has 0 amide bonds. The Morgan fingerprint density at radius 3 is 2.74 bits per heavy atom. The summed E-state index contributed by atoms with van der Waals surface area (Å²) in [6.45, 7) is 4.39. The largest absolute Gasteiger partial charge is 0.494 e. The van der Waals surface area contributed by atoms with Crippen molar-refractivity contribution in [1.82, 2.24) is 0 Å². The van der Waals surface area contributed by atoms with Crippen LogP contribution < -0.4 is 15.8 Å². The summed E-state index contributed by atoms with van der Waals surface area (Å²) in [7, 11) is -2.93. The average molecular weight is 284 g/mol. The van der Waals surface area contributed by atoms with Crippen LogP contribution >= 0.6 is 0 Å². The highest BCUT2D eigenvalue weighted by Crippen LogP contribution is 2.30. The van der Waals surface area contributed by atoms with E-state index >= 15 is 0 Å². The van der Waals surface area contributed by atoms with Crippen LogP contribution in [0.3, 0.4) is 0 Å². The minimum Gasteiger partial charge on any atom is -0.494 e. The highest BCUT2D eigenvalue weighted by Gasteiger charge is 2.38. The predicted octanol–water partition coefficient (Wildman–Crippen LogP) is 1.66. The van der Waals surface area contributed by atoms with Gasteiger partial charge in [0.1, 0.15) is 5.75 Å². The molecule has 1 aromatic carbocycles. The summed E-state index contributed by atoms with van der Waals surface area (Å²) in [5.41, 5.74) is 6.78. The molecule has 106 valence electrons. The standard InChI is InChI=1S/C13H20N2O3S/c1-3-18-12-7-10(14)6-11(8-12)15-13(2)4-5-19(16,17)9-13/h6-8,15H,3-5,9,14H2,1-2H3. The molecular weight excluding hydrogens is 264 g/mol. The molecule has 1 heterocycles. The Morgan fingerprint density at radius 2 is 2.16 bits per heavy atom. The summed E-state index contributed by atoms with van der Waals surface area (Å²) < 4.78 is 28.6. The number of nitrogens with one attached hydrogen (secondary N) is 1. The minimum atomic E-state index is -2.93. The van der Waals surface area contributed by atoms with Gasteiger partial charge in [0.05, 0.1) is 18.1 Å². The Labute approximate surface area is 114 Å². The van der Waals surface area contributed by atoms with Crippen molar-refractivity contribution in [3.05, 3.63) is 18.2 Å². The van der Waals surface area contributed by atoms with Crippen molar-refractivity contribution in [3.63, 3.8) is 0 Å². The number of rotatable bonds is 4. The predicted molar refractivity (Wildman–Crippen MR) is 77.3 cm³/mol. The molecule has 1 atom stereocenters. The summed E-state index contributed by atoms with van der Waals surface area (Å²) in [5, 5.41) is 3.27. The number of sulfone groups is 1. The second kappa shape index (κ2) is 4.92. The molecule has 1 aromatic rings. The smallest absolute Gasteiger partial charge is 0.152 e. The summed E-state index contributed by atoms with van der Waals surface area (Å²) in [4.78, 5) is 0. The summed E-state index contributed by atoms with van der Waals surface area (Å²) in [6.07, 6.45) is 0.605. The topological polar surface area (TPSA) is 81.4 Å². The molecule has 1 unspecified atom stereocenters. The third-order valence-corrected chi connectivity index (χ3v) is 5.09.